The van der Waals surface area contributed by atoms with Crippen LogP contribution in [0.15, 0.2) is 42.5 Å². The molecule has 1 heterocycles. The van der Waals surface area contributed by atoms with E-state index in [1.165, 1.54) is 17.7 Å². The standard InChI is InChI=1S/C18H21N3/c1-3-5-13-6-9-15(10-7-13)21-17-11-8-14(19)12-16(17)20-18(21)4-2/h6-12H,3-5,19H2,1-2H3. The molecule has 0 aliphatic heterocycles. The highest BCUT2D eigenvalue weighted by Gasteiger charge is 2.11. The van der Waals surface area contributed by atoms with Crippen molar-refractivity contribution in [3.8, 4) is 5.69 Å². The van der Waals surface area contributed by atoms with E-state index in [-0.39, 0.29) is 0 Å². The molecule has 0 bridgehead atoms. The molecule has 0 atom stereocenters. The van der Waals surface area contributed by atoms with E-state index < -0.39 is 0 Å². The number of hydrogen-bond donors (Lipinski definition) is 1. The lowest BCUT2D eigenvalue weighted by Gasteiger charge is -2.09. The fourth-order valence-corrected chi connectivity index (χ4v) is 2.77. The summed E-state index contributed by atoms with van der Waals surface area (Å²) in [6.07, 6.45) is 3.19. The minimum Gasteiger partial charge on any atom is -0.399 e. The first-order chi connectivity index (χ1) is 10.2. The molecule has 2 N–H and O–H groups in total. The van der Waals surface area contributed by atoms with Gasteiger partial charge in [0.25, 0.3) is 0 Å². The van der Waals surface area contributed by atoms with Crippen LogP contribution in [0, 0.1) is 0 Å². The lowest BCUT2D eigenvalue weighted by molar-refractivity contribution is 0.900. The van der Waals surface area contributed by atoms with Gasteiger partial charge in [0, 0.05) is 17.8 Å². The van der Waals surface area contributed by atoms with E-state index in [4.69, 9.17) is 10.7 Å². The summed E-state index contributed by atoms with van der Waals surface area (Å²) in [6.45, 7) is 4.34. The van der Waals surface area contributed by atoms with E-state index in [0.29, 0.717) is 0 Å². The van der Waals surface area contributed by atoms with Crippen molar-refractivity contribution in [3.63, 3.8) is 0 Å². The molecule has 0 amide bonds. The Labute approximate surface area is 125 Å². The highest BCUT2D eigenvalue weighted by atomic mass is 15.1. The molecule has 2 aromatic carbocycles. The van der Waals surface area contributed by atoms with Crippen LogP contribution in [0.2, 0.25) is 0 Å². The minimum atomic E-state index is 0.757. The van der Waals surface area contributed by atoms with Crippen LogP contribution in [0.4, 0.5) is 5.69 Å². The van der Waals surface area contributed by atoms with Gasteiger partial charge >= 0.3 is 0 Å². The third-order valence-corrected chi connectivity index (χ3v) is 3.80. The van der Waals surface area contributed by atoms with Gasteiger partial charge in [-0.1, -0.05) is 32.4 Å². The second-order valence-electron chi connectivity index (χ2n) is 5.38. The average molecular weight is 279 g/mol. The first-order valence-electron chi connectivity index (χ1n) is 7.59. The fourth-order valence-electron chi connectivity index (χ4n) is 2.77. The van der Waals surface area contributed by atoms with Gasteiger partial charge in [0.2, 0.25) is 0 Å². The monoisotopic (exact) mass is 279 g/mol. The van der Waals surface area contributed by atoms with Crippen LogP contribution in [-0.4, -0.2) is 9.55 Å². The molecule has 3 aromatic rings. The van der Waals surface area contributed by atoms with Gasteiger partial charge in [-0.25, -0.2) is 4.98 Å². The summed E-state index contributed by atoms with van der Waals surface area (Å²) >= 11 is 0. The van der Waals surface area contributed by atoms with Gasteiger partial charge in [-0.2, -0.15) is 0 Å². The number of nitrogens with zero attached hydrogens (tertiary/aromatic N) is 2. The predicted molar refractivity (Wildman–Crippen MR) is 88.9 cm³/mol. The molecule has 0 spiro atoms. The average Bonchev–Trinajstić information content (AvgIpc) is 2.86. The maximum absolute atomic E-state index is 5.87. The molecule has 0 unspecified atom stereocenters. The molecule has 3 nitrogen and oxygen atoms in total. The highest BCUT2D eigenvalue weighted by molar-refractivity contribution is 5.81. The summed E-state index contributed by atoms with van der Waals surface area (Å²) < 4.78 is 2.23. The van der Waals surface area contributed by atoms with Crippen molar-refractivity contribution >= 4 is 16.7 Å². The van der Waals surface area contributed by atoms with Crippen LogP contribution in [0.5, 0.6) is 0 Å². The Morgan fingerprint density at radius 2 is 1.81 bits per heavy atom. The number of imidazole rings is 1. The Bertz CT molecular complexity index is 754. The summed E-state index contributed by atoms with van der Waals surface area (Å²) in [5, 5.41) is 0. The van der Waals surface area contributed by atoms with Gasteiger partial charge in [-0.05, 0) is 42.3 Å². The van der Waals surface area contributed by atoms with Crippen LogP contribution in [0.25, 0.3) is 16.7 Å². The van der Waals surface area contributed by atoms with Crippen molar-refractivity contribution < 1.29 is 0 Å². The number of nitrogens with two attached hydrogens (primary N) is 1. The molecule has 1 aromatic heterocycles. The van der Waals surface area contributed by atoms with Crippen molar-refractivity contribution in [1.29, 1.82) is 0 Å². The second-order valence-corrected chi connectivity index (χ2v) is 5.38. The van der Waals surface area contributed by atoms with E-state index in [1.54, 1.807) is 0 Å². The van der Waals surface area contributed by atoms with Crippen molar-refractivity contribution in [2.45, 2.75) is 33.1 Å². The zero-order chi connectivity index (χ0) is 14.8. The zero-order valence-electron chi connectivity index (χ0n) is 12.6. The summed E-state index contributed by atoms with van der Waals surface area (Å²) in [5.41, 5.74) is 11.3. The van der Waals surface area contributed by atoms with Crippen LogP contribution in [-0.2, 0) is 12.8 Å². The largest absolute Gasteiger partial charge is 0.399 e. The fraction of sp³-hybridized carbons (Fsp3) is 0.278. The summed E-state index contributed by atoms with van der Waals surface area (Å²) in [6, 6.07) is 14.7. The van der Waals surface area contributed by atoms with Gasteiger partial charge in [-0.15, -0.1) is 0 Å². The van der Waals surface area contributed by atoms with Gasteiger partial charge in [0.1, 0.15) is 5.82 Å². The summed E-state index contributed by atoms with van der Waals surface area (Å²) in [5.74, 6) is 1.07. The minimum absolute atomic E-state index is 0.757. The number of benzene rings is 2. The SMILES string of the molecule is CCCc1ccc(-n2c(CC)nc3cc(N)ccc32)cc1. The van der Waals surface area contributed by atoms with Crippen molar-refractivity contribution in [1.82, 2.24) is 9.55 Å². The number of nitrogen functional groups attached to an aromatic ring is 1. The first kappa shape index (κ1) is 13.7. The number of aryl methyl sites for hydroxylation is 2. The van der Waals surface area contributed by atoms with Crippen molar-refractivity contribution in [2.75, 3.05) is 5.73 Å². The van der Waals surface area contributed by atoms with Crippen LogP contribution in [0.1, 0.15) is 31.7 Å². The molecule has 3 heteroatoms. The Hall–Kier alpha value is -2.29. The molecule has 21 heavy (non-hydrogen) atoms. The third-order valence-electron chi connectivity index (χ3n) is 3.80. The highest BCUT2D eigenvalue weighted by Crippen LogP contribution is 2.24. The molecular formula is C18H21N3. The normalized spacial score (nSPS) is 11.1. The first-order valence-corrected chi connectivity index (χ1v) is 7.59. The van der Waals surface area contributed by atoms with Crippen molar-refractivity contribution in [2.24, 2.45) is 0 Å². The number of aromatic nitrogens is 2. The Morgan fingerprint density at radius 1 is 1.05 bits per heavy atom. The maximum atomic E-state index is 5.87. The lowest BCUT2D eigenvalue weighted by atomic mass is 10.1. The van der Waals surface area contributed by atoms with Crippen molar-refractivity contribution in [3.05, 3.63) is 53.9 Å². The number of fused-ring (bicyclic) bond motifs is 1. The van der Waals surface area contributed by atoms with Gasteiger partial charge in [0.15, 0.2) is 0 Å². The predicted octanol–water partition coefficient (Wildman–Crippen LogP) is 4.12. The Kier molecular flexibility index (Phi) is 3.65. The molecule has 0 saturated heterocycles. The molecule has 0 saturated carbocycles. The summed E-state index contributed by atoms with van der Waals surface area (Å²) in [4.78, 5) is 4.71. The van der Waals surface area contributed by atoms with E-state index >= 15 is 0 Å². The lowest BCUT2D eigenvalue weighted by Crippen LogP contribution is -2.00. The van der Waals surface area contributed by atoms with E-state index in [2.05, 4.69) is 48.7 Å². The van der Waals surface area contributed by atoms with Gasteiger partial charge in [-0.3, -0.25) is 4.57 Å². The number of rotatable bonds is 4. The Balaban J connectivity index is 2.13. The topological polar surface area (TPSA) is 43.8 Å². The van der Waals surface area contributed by atoms with Crippen LogP contribution >= 0.6 is 0 Å². The molecule has 0 radical (unpaired) electrons. The van der Waals surface area contributed by atoms with Crippen LogP contribution < -0.4 is 5.73 Å². The molecule has 0 fully saturated rings. The van der Waals surface area contributed by atoms with Crippen LogP contribution in [0.3, 0.4) is 0 Å². The molecular weight excluding hydrogens is 258 g/mol. The molecule has 3 rings (SSSR count). The van der Waals surface area contributed by atoms with E-state index in [1.807, 2.05) is 12.1 Å². The smallest absolute Gasteiger partial charge is 0.114 e. The Morgan fingerprint density at radius 3 is 2.48 bits per heavy atom. The number of anilines is 1. The van der Waals surface area contributed by atoms with Gasteiger partial charge in [0.05, 0.1) is 11.0 Å². The summed E-state index contributed by atoms with van der Waals surface area (Å²) in [7, 11) is 0. The van der Waals surface area contributed by atoms with E-state index in [0.717, 1.165) is 35.4 Å². The van der Waals surface area contributed by atoms with E-state index in [9.17, 15) is 0 Å². The molecule has 0 aliphatic carbocycles. The number of hydrogen-bond acceptors (Lipinski definition) is 2. The quantitative estimate of drug-likeness (QED) is 0.730. The van der Waals surface area contributed by atoms with Gasteiger partial charge < -0.3 is 5.73 Å². The maximum Gasteiger partial charge on any atom is 0.114 e. The molecule has 0 aliphatic rings. The molecule has 108 valence electrons. The second kappa shape index (κ2) is 5.60. The zero-order valence-corrected chi connectivity index (χ0v) is 12.6. The third kappa shape index (κ3) is 2.51.